The first-order valence-electron chi connectivity index (χ1n) is 9.19. The van der Waals surface area contributed by atoms with E-state index in [-0.39, 0.29) is 11.6 Å². The van der Waals surface area contributed by atoms with Crippen molar-refractivity contribution in [3.63, 3.8) is 0 Å². The maximum Gasteiger partial charge on any atom is 0.293 e. The van der Waals surface area contributed by atoms with E-state index in [1.54, 1.807) is 0 Å². The molecule has 3 rings (SSSR count). The molecular formula is C19H24N6O3. The van der Waals surface area contributed by atoms with Crippen molar-refractivity contribution < 1.29 is 14.3 Å². The average Bonchev–Trinajstić information content (AvgIpc) is 2.70. The smallest absolute Gasteiger partial charge is 0.293 e. The Balaban J connectivity index is 1.62. The Labute approximate surface area is 163 Å². The summed E-state index contributed by atoms with van der Waals surface area (Å²) in [6.07, 6.45) is 3.28. The number of hydrogen-bond donors (Lipinski definition) is 3. The molecule has 148 valence electrons. The standard InChI is InChI=1S/C19H24N6O3/c20-17(27)16-12-21-19(24-18(16)22-14-4-2-1-3-5-14)23-15-6-8-25(9-7-15)10-11-28-13-26/h1-5,12-13,15H,6-11H2,(H2,20,27)(H2,21,22,23,24). The molecule has 0 spiro atoms. The quantitative estimate of drug-likeness (QED) is 0.438. The predicted octanol–water partition coefficient (Wildman–Crippen LogP) is 1.37. The third kappa shape index (κ3) is 5.40. The first-order chi connectivity index (χ1) is 13.7. The number of rotatable bonds is 9. The molecule has 2 heterocycles. The molecule has 28 heavy (non-hydrogen) atoms. The van der Waals surface area contributed by atoms with Crippen LogP contribution in [0, 0.1) is 0 Å². The maximum atomic E-state index is 11.7. The second-order valence-corrected chi connectivity index (χ2v) is 6.54. The lowest BCUT2D eigenvalue weighted by molar-refractivity contribution is -0.129. The summed E-state index contributed by atoms with van der Waals surface area (Å²) in [5, 5.41) is 6.46. The van der Waals surface area contributed by atoms with Gasteiger partial charge in [-0.05, 0) is 25.0 Å². The lowest BCUT2D eigenvalue weighted by Crippen LogP contribution is -2.40. The van der Waals surface area contributed by atoms with Gasteiger partial charge in [0.25, 0.3) is 12.4 Å². The third-order valence-electron chi connectivity index (χ3n) is 4.60. The topological polar surface area (TPSA) is 122 Å². The summed E-state index contributed by atoms with van der Waals surface area (Å²) in [7, 11) is 0. The summed E-state index contributed by atoms with van der Waals surface area (Å²) in [5.74, 6) is 0.238. The minimum atomic E-state index is -0.587. The van der Waals surface area contributed by atoms with Gasteiger partial charge in [-0.1, -0.05) is 18.2 Å². The Morgan fingerprint density at radius 1 is 1.29 bits per heavy atom. The molecule has 1 aromatic carbocycles. The summed E-state index contributed by atoms with van der Waals surface area (Å²) in [6, 6.07) is 9.67. The average molecular weight is 384 g/mol. The Kier molecular flexibility index (Phi) is 6.74. The van der Waals surface area contributed by atoms with Gasteiger partial charge in [0.05, 0.1) is 0 Å². The number of hydrogen-bond acceptors (Lipinski definition) is 8. The van der Waals surface area contributed by atoms with Crippen molar-refractivity contribution in [1.82, 2.24) is 14.9 Å². The van der Waals surface area contributed by atoms with Gasteiger partial charge in [0.1, 0.15) is 18.0 Å². The number of amides is 1. The van der Waals surface area contributed by atoms with Crippen LogP contribution in [0.2, 0.25) is 0 Å². The number of benzene rings is 1. The van der Waals surface area contributed by atoms with Gasteiger partial charge in [0.2, 0.25) is 5.95 Å². The van der Waals surface area contributed by atoms with Crippen molar-refractivity contribution in [3.05, 3.63) is 42.1 Å². The largest absolute Gasteiger partial charge is 0.467 e. The van der Waals surface area contributed by atoms with Crippen LogP contribution in [0.1, 0.15) is 23.2 Å². The van der Waals surface area contributed by atoms with E-state index < -0.39 is 5.91 Å². The normalized spacial score (nSPS) is 15.0. The molecule has 4 N–H and O–H groups in total. The van der Waals surface area contributed by atoms with E-state index in [1.807, 2.05) is 30.3 Å². The fourth-order valence-electron chi connectivity index (χ4n) is 3.10. The van der Waals surface area contributed by atoms with Crippen LogP contribution in [0.3, 0.4) is 0 Å². The second kappa shape index (κ2) is 9.65. The molecule has 1 amide bonds. The van der Waals surface area contributed by atoms with Gasteiger partial charge in [-0.15, -0.1) is 0 Å². The van der Waals surface area contributed by atoms with Crippen LogP contribution in [-0.4, -0.2) is 59.5 Å². The Morgan fingerprint density at radius 2 is 2.04 bits per heavy atom. The number of anilines is 3. The fraction of sp³-hybridized carbons (Fsp3) is 0.368. The van der Waals surface area contributed by atoms with Gasteiger partial charge in [-0.25, -0.2) is 4.98 Å². The summed E-state index contributed by atoms with van der Waals surface area (Å²) in [4.78, 5) is 32.9. The number of likely N-dealkylation sites (tertiary alicyclic amines) is 1. The van der Waals surface area contributed by atoms with Crippen molar-refractivity contribution in [2.45, 2.75) is 18.9 Å². The van der Waals surface area contributed by atoms with Gasteiger partial charge >= 0.3 is 0 Å². The number of primary amides is 1. The number of para-hydroxylation sites is 1. The molecule has 1 fully saturated rings. The number of nitrogens with one attached hydrogen (secondary N) is 2. The van der Waals surface area contributed by atoms with E-state index >= 15 is 0 Å². The summed E-state index contributed by atoms with van der Waals surface area (Å²) in [6.45, 7) is 3.42. The molecule has 2 aromatic rings. The minimum absolute atomic E-state index is 0.229. The van der Waals surface area contributed by atoms with Gasteiger partial charge in [-0.3, -0.25) is 14.5 Å². The molecular weight excluding hydrogens is 360 g/mol. The maximum absolute atomic E-state index is 11.7. The Bertz CT molecular complexity index is 794. The lowest BCUT2D eigenvalue weighted by atomic mass is 10.1. The predicted molar refractivity (Wildman–Crippen MR) is 105 cm³/mol. The van der Waals surface area contributed by atoms with E-state index in [9.17, 15) is 9.59 Å². The fourth-order valence-corrected chi connectivity index (χ4v) is 3.10. The van der Waals surface area contributed by atoms with Crippen molar-refractivity contribution in [3.8, 4) is 0 Å². The van der Waals surface area contributed by atoms with Crippen LogP contribution in [0.4, 0.5) is 17.5 Å². The number of ether oxygens (including phenoxy) is 1. The van der Waals surface area contributed by atoms with Gasteiger partial charge in [0.15, 0.2) is 0 Å². The van der Waals surface area contributed by atoms with E-state index in [2.05, 4.69) is 25.5 Å². The van der Waals surface area contributed by atoms with Crippen LogP contribution in [0.15, 0.2) is 36.5 Å². The van der Waals surface area contributed by atoms with Crippen LogP contribution in [0.5, 0.6) is 0 Å². The molecule has 0 saturated carbocycles. The van der Waals surface area contributed by atoms with Crippen LogP contribution in [-0.2, 0) is 9.53 Å². The molecule has 1 aliphatic heterocycles. The van der Waals surface area contributed by atoms with Crippen molar-refractivity contribution in [2.24, 2.45) is 5.73 Å². The molecule has 0 bridgehead atoms. The van der Waals surface area contributed by atoms with Gasteiger partial charge < -0.3 is 21.1 Å². The molecule has 0 unspecified atom stereocenters. The number of nitrogens with zero attached hydrogens (tertiary/aromatic N) is 3. The molecule has 0 atom stereocenters. The zero-order valence-corrected chi connectivity index (χ0v) is 15.5. The molecule has 9 nitrogen and oxygen atoms in total. The van der Waals surface area contributed by atoms with E-state index in [1.165, 1.54) is 6.20 Å². The second-order valence-electron chi connectivity index (χ2n) is 6.54. The van der Waals surface area contributed by atoms with Crippen molar-refractivity contribution in [1.29, 1.82) is 0 Å². The summed E-state index contributed by atoms with van der Waals surface area (Å²) in [5.41, 5.74) is 6.49. The Morgan fingerprint density at radius 3 is 2.71 bits per heavy atom. The number of carbonyl (C=O) groups excluding carboxylic acids is 2. The highest BCUT2D eigenvalue weighted by Gasteiger charge is 2.20. The Hall–Kier alpha value is -3.20. The van der Waals surface area contributed by atoms with E-state index in [0.29, 0.717) is 24.8 Å². The molecule has 0 aliphatic carbocycles. The first kappa shape index (κ1) is 19.6. The molecule has 0 radical (unpaired) electrons. The molecule has 1 aromatic heterocycles. The first-order valence-corrected chi connectivity index (χ1v) is 9.19. The van der Waals surface area contributed by atoms with Gasteiger partial charge in [0, 0.05) is 37.6 Å². The molecule has 1 aliphatic rings. The minimum Gasteiger partial charge on any atom is -0.467 e. The highest BCUT2D eigenvalue weighted by Crippen LogP contribution is 2.21. The highest BCUT2D eigenvalue weighted by atomic mass is 16.5. The zero-order valence-electron chi connectivity index (χ0n) is 15.5. The van der Waals surface area contributed by atoms with Crippen molar-refractivity contribution >= 4 is 29.8 Å². The summed E-state index contributed by atoms with van der Waals surface area (Å²) >= 11 is 0. The van der Waals surface area contributed by atoms with E-state index in [0.717, 1.165) is 38.2 Å². The number of carbonyl (C=O) groups is 2. The molecule has 1 saturated heterocycles. The lowest BCUT2D eigenvalue weighted by Gasteiger charge is -2.32. The number of aromatic nitrogens is 2. The molecule has 9 heteroatoms. The van der Waals surface area contributed by atoms with Crippen LogP contribution in [0.25, 0.3) is 0 Å². The van der Waals surface area contributed by atoms with E-state index in [4.69, 9.17) is 10.5 Å². The monoisotopic (exact) mass is 384 g/mol. The van der Waals surface area contributed by atoms with Crippen molar-refractivity contribution in [2.75, 3.05) is 36.9 Å². The number of nitrogens with two attached hydrogens (primary N) is 1. The van der Waals surface area contributed by atoms with Crippen LogP contribution < -0.4 is 16.4 Å². The number of piperidine rings is 1. The SMILES string of the molecule is NC(=O)c1cnc(NC2CCN(CCOC=O)CC2)nc1Nc1ccccc1. The third-order valence-corrected chi connectivity index (χ3v) is 4.60. The highest BCUT2D eigenvalue weighted by molar-refractivity contribution is 5.98. The van der Waals surface area contributed by atoms with Gasteiger partial charge in [-0.2, -0.15) is 4.98 Å². The zero-order chi connectivity index (χ0) is 19.8. The summed E-state index contributed by atoms with van der Waals surface area (Å²) < 4.78 is 4.75. The van der Waals surface area contributed by atoms with Crippen LogP contribution >= 0.6 is 0 Å².